The summed E-state index contributed by atoms with van der Waals surface area (Å²) in [6, 6.07) is 44.0. The summed E-state index contributed by atoms with van der Waals surface area (Å²) in [5, 5.41) is 2.36. The lowest BCUT2D eigenvalue weighted by Crippen LogP contribution is -2.10. The molecule has 0 amide bonds. The number of fused-ring (bicyclic) bond motifs is 2. The van der Waals surface area contributed by atoms with E-state index in [-0.39, 0.29) is 10.8 Å². The molecule has 48 heavy (non-hydrogen) atoms. The molecule has 0 spiro atoms. The Balaban J connectivity index is 1.33. The molecule has 2 heterocycles. The lowest BCUT2D eigenvalue weighted by Gasteiger charge is -2.20. The number of rotatable bonds is 4. The monoisotopic (exact) mass is 624 g/mol. The molecule has 2 aromatic heterocycles. The fraction of sp³-hybridized carbons (Fsp3) is 0.217. The van der Waals surface area contributed by atoms with Crippen LogP contribution in [0.15, 0.2) is 121 Å². The van der Waals surface area contributed by atoms with Crippen molar-refractivity contribution >= 4 is 21.8 Å². The second-order valence-electron chi connectivity index (χ2n) is 15.2. The van der Waals surface area contributed by atoms with Crippen molar-refractivity contribution in [1.82, 2.24) is 9.97 Å². The number of aromatic nitrogens is 2. The summed E-state index contributed by atoms with van der Waals surface area (Å²) in [5.74, 6) is 0. The molecule has 2 heteroatoms. The summed E-state index contributed by atoms with van der Waals surface area (Å²) >= 11 is 0. The molecule has 0 aliphatic heterocycles. The van der Waals surface area contributed by atoms with Gasteiger partial charge in [0, 0.05) is 21.9 Å². The Bertz CT molecular complexity index is 2110. The summed E-state index contributed by atoms with van der Waals surface area (Å²) in [6.45, 7) is 18.0. The van der Waals surface area contributed by atoms with Crippen molar-refractivity contribution in [2.45, 2.75) is 66.2 Å². The number of para-hydroxylation sites is 2. The third-order valence-corrected chi connectivity index (χ3v) is 9.78. The summed E-state index contributed by atoms with van der Waals surface area (Å²) < 4.78 is 0. The number of nitrogens with zero attached hydrogens (tertiary/aromatic N) is 2. The van der Waals surface area contributed by atoms with Crippen LogP contribution in [0.25, 0.3) is 66.6 Å². The predicted octanol–water partition coefficient (Wildman–Crippen LogP) is 12.7. The SMILES string of the molecule is Cc1c(-c2ccc(-c3nc4ccccc4c(-c4ccc(C(C)(C)C)cc4)c3C)cc2)nc2ccccc2c1-c1ccc(C(C)(C)C)cc1. The van der Waals surface area contributed by atoms with Crippen molar-refractivity contribution in [3.63, 3.8) is 0 Å². The van der Waals surface area contributed by atoms with Gasteiger partial charge in [0.25, 0.3) is 0 Å². The number of hydrogen-bond acceptors (Lipinski definition) is 2. The molecule has 0 saturated carbocycles. The zero-order chi connectivity index (χ0) is 33.8. The van der Waals surface area contributed by atoms with E-state index in [1.807, 2.05) is 0 Å². The molecule has 238 valence electrons. The standard InChI is InChI=1S/C46H44N2/c1-29-41(31-21-25-35(26-22-31)45(3,4)5)37-13-9-11-15-39(37)47-43(29)33-17-19-34(20-18-33)44-30(2)42(38-14-10-12-16-40(38)48-44)32-23-27-36(28-24-32)46(6,7)8/h9-28H,1-8H3. The van der Waals surface area contributed by atoms with Crippen LogP contribution in [0.2, 0.25) is 0 Å². The largest absolute Gasteiger partial charge is 0.247 e. The van der Waals surface area contributed by atoms with Crippen LogP contribution in [0, 0.1) is 13.8 Å². The molecule has 0 radical (unpaired) electrons. The highest BCUT2D eigenvalue weighted by Crippen LogP contribution is 2.40. The van der Waals surface area contributed by atoms with Crippen molar-refractivity contribution in [2.75, 3.05) is 0 Å². The molecule has 0 aliphatic carbocycles. The second kappa shape index (κ2) is 11.9. The van der Waals surface area contributed by atoms with Gasteiger partial charge in [0.1, 0.15) is 0 Å². The molecular formula is C46H44N2. The van der Waals surface area contributed by atoms with Gasteiger partial charge in [-0.2, -0.15) is 0 Å². The van der Waals surface area contributed by atoms with Gasteiger partial charge in [-0.3, -0.25) is 0 Å². The minimum atomic E-state index is 0.108. The Morgan fingerprint density at radius 1 is 0.375 bits per heavy atom. The summed E-state index contributed by atoms with van der Waals surface area (Å²) in [7, 11) is 0. The zero-order valence-corrected chi connectivity index (χ0v) is 29.4. The fourth-order valence-corrected chi connectivity index (χ4v) is 6.98. The van der Waals surface area contributed by atoms with Crippen molar-refractivity contribution in [3.8, 4) is 44.8 Å². The Kier molecular flexibility index (Phi) is 7.79. The van der Waals surface area contributed by atoms with Gasteiger partial charge in [0.15, 0.2) is 0 Å². The van der Waals surface area contributed by atoms with Gasteiger partial charge in [-0.1, -0.05) is 151 Å². The average molecular weight is 625 g/mol. The van der Waals surface area contributed by atoms with E-state index in [4.69, 9.17) is 9.97 Å². The third-order valence-electron chi connectivity index (χ3n) is 9.78. The van der Waals surface area contributed by atoms with Crippen molar-refractivity contribution < 1.29 is 0 Å². The molecule has 5 aromatic carbocycles. The van der Waals surface area contributed by atoms with E-state index >= 15 is 0 Å². The maximum absolute atomic E-state index is 5.21. The number of pyridine rings is 2. The zero-order valence-electron chi connectivity index (χ0n) is 29.4. The fourth-order valence-electron chi connectivity index (χ4n) is 6.98. The first kappa shape index (κ1) is 31.5. The average Bonchev–Trinajstić information content (AvgIpc) is 3.07. The van der Waals surface area contributed by atoms with E-state index in [0.717, 1.165) is 33.5 Å². The Morgan fingerprint density at radius 2 is 0.688 bits per heavy atom. The van der Waals surface area contributed by atoms with Gasteiger partial charge in [-0.25, -0.2) is 9.97 Å². The molecule has 0 N–H and O–H groups in total. The molecule has 7 aromatic rings. The maximum Gasteiger partial charge on any atom is 0.0745 e. The van der Waals surface area contributed by atoms with Gasteiger partial charge in [0.2, 0.25) is 0 Å². The van der Waals surface area contributed by atoms with Gasteiger partial charge < -0.3 is 0 Å². The lowest BCUT2D eigenvalue weighted by molar-refractivity contribution is 0.590. The normalized spacial score (nSPS) is 12.2. The van der Waals surface area contributed by atoms with E-state index in [1.165, 1.54) is 55.3 Å². The Labute approximate surface area is 285 Å². The van der Waals surface area contributed by atoms with Crippen LogP contribution in [-0.4, -0.2) is 9.97 Å². The van der Waals surface area contributed by atoms with Gasteiger partial charge >= 0.3 is 0 Å². The van der Waals surface area contributed by atoms with Crippen LogP contribution in [0.3, 0.4) is 0 Å². The van der Waals surface area contributed by atoms with Crippen LogP contribution in [0.1, 0.15) is 63.8 Å². The Hall–Kier alpha value is -5.08. The minimum Gasteiger partial charge on any atom is -0.247 e. The molecule has 0 saturated heterocycles. The third kappa shape index (κ3) is 5.70. The van der Waals surface area contributed by atoms with Crippen LogP contribution >= 0.6 is 0 Å². The Morgan fingerprint density at radius 3 is 1.02 bits per heavy atom. The minimum absolute atomic E-state index is 0.108. The van der Waals surface area contributed by atoms with E-state index in [0.29, 0.717) is 0 Å². The van der Waals surface area contributed by atoms with Gasteiger partial charge in [-0.15, -0.1) is 0 Å². The van der Waals surface area contributed by atoms with Crippen molar-refractivity contribution in [3.05, 3.63) is 144 Å². The molecule has 0 unspecified atom stereocenters. The summed E-state index contributed by atoms with van der Waals surface area (Å²) in [6.07, 6.45) is 0. The van der Waals surface area contributed by atoms with Crippen molar-refractivity contribution in [1.29, 1.82) is 0 Å². The maximum atomic E-state index is 5.21. The van der Waals surface area contributed by atoms with Gasteiger partial charge in [-0.05, 0) is 81.3 Å². The van der Waals surface area contributed by atoms with Crippen LogP contribution in [0.4, 0.5) is 0 Å². The van der Waals surface area contributed by atoms with Crippen LogP contribution < -0.4 is 0 Å². The highest BCUT2D eigenvalue weighted by Gasteiger charge is 2.20. The topological polar surface area (TPSA) is 25.8 Å². The molecule has 0 bridgehead atoms. The first-order chi connectivity index (χ1) is 22.9. The molecule has 0 aliphatic rings. The van der Waals surface area contributed by atoms with E-state index < -0.39 is 0 Å². The quantitative estimate of drug-likeness (QED) is 0.195. The molecule has 7 rings (SSSR count). The van der Waals surface area contributed by atoms with E-state index in [1.54, 1.807) is 0 Å². The van der Waals surface area contributed by atoms with Crippen molar-refractivity contribution in [2.24, 2.45) is 0 Å². The highest BCUT2D eigenvalue weighted by atomic mass is 14.7. The van der Waals surface area contributed by atoms with Gasteiger partial charge in [0.05, 0.1) is 22.4 Å². The molecule has 0 fully saturated rings. The molecule has 2 nitrogen and oxygen atoms in total. The first-order valence-corrected chi connectivity index (χ1v) is 17.0. The van der Waals surface area contributed by atoms with Crippen LogP contribution in [-0.2, 0) is 10.8 Å². The number of benzene rings is 5. The summed E-state index contributed by atoms with van der Waals surface area (Å²) in [5.41, 5.74) is 16.4. The molecular weight excluding hydrogens is 581 g/mol. The smallest absolute Gasteiger partial charge is 0.0745 e. The predicted molar refractivity (Wildman–Crippen MR) is 206 cm³/mol. The second-order valence-corrected chi connectivity index (χ2v) is 15.2. The van der Waals surface area contributed by atoms with E-state index in [2.05, 4.69) is 177 Å². The first-order valence-electron chi connectivity index (χ1n) is 17.0. The van der Waals surface area contributed by atoms with Crippen LogP contribution in [0.5, 0.6) is 0 Å². The number of hydrogen-bond donors (Lipinski definition) is 0. The molecule has 0 atom stereocenters. The highest BCUT2D eigenvalue weighted by molar-refractivity contribution is 6.00. The summed E-state index contributed by atoms with van der Waals surface area (Å²) in [4.78, 5) is 10.4. The van der Waals surface area contributed by atoms with E-state index in [9.17, 15) is 0 Å². The lowest BCUT2D eigenvalue weighted by atomic mass is 9.85.